The van der Waals surface area contributed by atoms with Crippen LogP contribution in [0.1, 0.15) is 24.9 Å². The number of furan rings is 1. The van der Waals surface area contributed by atoms with Crippen molar-refractivity contribution in [1.82, 2.24) is 0 Å². The summed E-state index contributed by atoms with van der Waals surface area (Å²) in [5, 5.41) is 0. The summed E-state index contributed by atoms with van der Waals surface area (Å²) in [5.74, 6) is 0.0960. The molecule has 0 radical (unpaired) electrons. The molecule has 0 spiro atoms. The van der Waals surface area contributed by atoms with Crippen molar-refractivity contribution in [3.63, 3.8) is 0 Å². The monoisotopic (exact) mass is 153 g/mol. The van der Waals surface area contributed by atoms with Gasteiger partial charge in [0.05, 0.1) is 12.5 Å². The largest absolute Gasteiger partial charge is 0.472 e. The molecule has 1 heterocycles. The van der Waals surface area contributed by atoms with Crippen LogP contribution >= 0.6 is 0 Å². The SMILES string of the molecule is CC(=O)CC(N)c1ccoc1. The van der Waals surface area contributed by atoms with Crippen molar-refractivity contribution >= 4 is 5.78 Å². The molecule has 3 heteroatoms. The van der Waals surface area contributed by atoms with Crippen molar-refractivity contribution in [3.8, 4) is 0 Å². The van der Waals surface area contributed by atoms with E-state index in [1.54, 1.807) is 18.6 Å². The highest BCUT2D eigenvalue weighted by atomic mass is 16.3. The molecule has 11 heavy (non-hydrogen) atoms. The molecule has 0 saturated heterocycles. The van der Waals surface area contributed by atoms with Gasteiger partial charge in [-0.25, -0.2) is 0 Å². The number of carbonyl (C=O) groups excluding carboxylic acids is 1. The molecule has 1 aromatic rings. The van der Waals surface area contributed by atoms with Gasteiger partial charge in [-0.2, -0.15) is 0 Å². The van der Waals surface area contributed by atoms with Crippen molar-refractivity contribution in [1.29, 1.82) is 0 Å². The minimum absolute atomic E-state index is 0.0960. The molecule has 1 atom stereocenters. The Morgan fingerprint density at radius 1 is 1.82 bits per heavy atom. The minimum atomic E-state index is -0.216. The first kappa shape index (κ1) is 8.01. The summed E-state index contributed by atoms with van der Waals surface area (Å²) in [6.45, 7) is 1.53. The number of nitrogens with two attached hydrogens (primary N) is 1. The highest BCUT2D eigenvalue weighted by Gasteiger charge is 2.08. The summed E-state index contributed by atoms with van der Waals surface area (Å²) in [5.41, 5.74) is 6.53. The predicted molar refractivity (Wildman–Crippen MR) is 40.9 cm³/mol. The van der Waals surface area contributed by atoms with E-state index in [4.69, 9.17) is 10.2 Å². The van der Waals surface area contributed by atoms with Crippen LogP contribution in [-0.4, -0.2) is 5.78 Å². The second-order valence-corrected chi connectivity index (χ2v) is 2.57. The molecule has 0 amide bonds. The van der Waals surface area contributed by atoms with Crippen LogP contribution in [0.3, 0.4) is 0 Å². The third-order valence-corrected chi connectivity index (χ3v) is 1.48. The van der Waals surface area contributed by atoms with E-state index >= 15 is 0 Å². The number of rotatable bonds is 3. The Kier molecular flexibility index (Phi) is 2.44. The molecule has 60 valence electrons. The van der Waals surface area contributed by atoms with Gasteiger partial charge in [0.2, 0.25) is 0 Å². The van der Waals surface area contributed by atoms with E-state index in [9.17, 15) is 4.79 Å². The van der Waals surface area contributed by atoms with Crippen molar-refractivity contribution in [2.75, 3.05) is 0 Å². The quantitative estimate of drug-likeness (QED) is 0.711. The maximum Gasteiger partial charge on any atom is 0.131 e. The summed E-state index contributed by atoms with van der Waals surface area (Å²) < 4.78 is 4.83. The average molecular weight is 153 g/mol. The van der Waals surface area contributed by atoms with Gasteiger partial charge in [0.1, 0.15) is 5.78 Å². The number of ketones is 1. The Bertz CT molecular complexity index is 228. The van der Waals surface area contributed by atoms with Crippen LogP contribution in [-0.2, 0) is 4.79 Å². The Morgan fingerprint density at radius 3 is 3.00 bits per heavy atom. The normalized spacial score (nSPS) is 12.9. The van der Waals surface area contributed by atoms with Gasteiger partial charge in [0.25, 0.3) is 0 Å². The second kappa shape index (κ2) is 3.34. The first-order valence-corrected chi connectivity index (χ1v) is 3.47. The number of carbonyl (C=O) groups is 1. The van der Waals surface area contributed by atoms with Gasteiger partial charge in [0.15, 0.2) is 0 Å². The lowest BCUT2D eigenvalue weighted by Gasteiger charge is -2.04. The van der Waals surface area contributed by atoms with Crippen molar-refractivity contribution in [3.05, 3.63) is 24.2 Å². The first-order chi connectivity index (χ1) is 5.20. The topological polar surface area (TPSA) is 56.2 Å². The predicted octanol–water partition coefficient (Wildman–Crippen LogP) is 1.26. The summed E-state index contributed by atoms with van der Waals surface area (Å²) in [7, 11) is 0. The van der Waals surface area contributed by atoms with Gasteiger partial charge in [-0.3, -0.25) is 4.79 Å². The van der Waals surface area contributed by atoms with Crippen LogP contribution in [0.4, 0.5) is 0 Å². The van der Waals surface area contributed by atoms with Crippen LogP contribution in [0.2, 0.25) is 0 Å². The Balaban J connectivity index is 2.56. The fourth-order valence-electron chi connectivity index (χ4n) is 0.914. The van der Waals surface area contributed by atoms with Gasteiger partial charge >= 0.3 is 0 Å². The molecule has 1 aromatic heterocycles. The molecule has 0 bridgehead atoms. The Morgan fingerprint density at radius 2 is 2.55 bits per heavy atom. The summed E-state index contributed by atoms with van der Waals surface area (Å²) in [6.07, 6.45) is 3.49. The van der Waals surface area contributed by atoms with Crippen LogP contribution in [0.15, 0.2) is 23.0 Å². The summed E-state index contributed by atoms with van der Waals surface area (Å²) in [4.78, 5) is 10.6. The lowest BCUT2D eigenvalue weighted by Crippen LogP contribution is -2.12. The van der Waals surface area contributed by atoms with Gasteiger partial charge in [-0.15, -0.1) is 0 Å². The van der Waals surface area contributed by atoms with Crippen LogP contribution in [0.25, 0.3) is 0 Å². The molecule has 3 nitrogen and oxygen atoms in total. The first-order valence-electron chi connectivity index (χ1n) is 3.47. The molecule has 0 saturated carbocycles. The number of hydrogen-bond donors (Lipinski definition) is 1. The van der Waals surface area contributed by atoms with E-state index in [1.165, 1.54) is 6.92 Å². The fourth-order valence-corrected chi connectivity index (χ4v) is 0.914. The molecule has 0 aliphatic carbocycles. The molecule has 0 aliphatic rings. The van der Waals surface area contributed by atoms with Crippen molar-refractivity contribution in [2.45, 2.75) is 19.4 Å². The van der Waals surface area contributed by atoms with E-state index in [0.717, 1.165) is 5.56 Å². The van der Waals surface area contributed by atoms with Crippen molar-refractivity contribution < 1.29 is 9.21 Å². The van der Waals surface area contributed by atoms with Gasteiger partial charge in [-0.1, -0.05) is 0 Å². The van der Waals surface area contributed by atoms with E-state index in [2.05, 4.69) is 0 Å². The highest BCUT2D eigenvalue weighted by Crippen LogP contribution is 2.13. The standard InChI is InChI=1S/C8H11NO2/c1-6(10)4-8(9)7-2-3-11-5-7/h2-3,5,8H,4,9H2,1H3. The lowest BCUT2D eigenvalue weighted by molar-refractivity contribution is -0.117. The minimum Gasteiger partial charge on any atom is -0.472 e. The van der Waals surface area contributed by atoms with Gasteiger partial charge in [-0.05, 0) is 13.0 Å². The van der Waals surface area contributed by atoms with Gasteiger partial charge < -0.3 is 10.2 Å². The molecular weight excluding hydrogens is 142 g/mol. The van der Waals surface area contributed by atoms with E-state index < -0.39 is 0 Å². The average Bonchev–Trinajstić information content (AvgIpc) is 2.35. The van der Waals surface area contributed by atoms with Crippen LogP contribution in [0.5, 0.6) is 0 Å². The number of Topliss-reactive ketones (excluding diaryl/α,β-unsaturated/α-hetero) is 1. The second-order valence-electron chi connectivity index (χ2n) is 2.57. The fraction of sp³-hybridized carbons (Fsp3) is 0.375. The van der Waals surface area contributed by atoms with Gasteiger partial charge in [0, 0.05) is 18.0 Å². The molecule has 0 aromatic carbocycles. The zero-order chi connectivity index (χ0) is 8.27. The van der Waals surface area contributed by atoms with E-state index in [-0.39, 0.29) is 11.8 Å². The molecule has 1 rings (SSSR count). The molecule has 0 aliphatic heterocycles. The lowest BCUT2D eigenvalue weighted by atomic mass is 10.1. The Hall–Kier alpha value is -1.09. The number of hydrogen-bond acceptors (Lipinski definition) is 3. The molecular formula is C8H11NO2. The van der Waals surface area contributed by atoms with Crippen LogP contribution in [0, 0.1) is 0 Å². The van der Waals surface area contributed by atoms with E-state index in [1.807, 2.05) is 0 Å². The molecule has 0 fully saturated rings. The zero-order valence-electron chi connectivity index (χ0n) is 6.41. The third kappa shape index (κ3) is 2.20. The summed E-state index contributed by atoms with van der Waals surface area (Å²) >= 11 is 0. The highest BCUT2D eigenvalue weighted by molar-refractivity contribution is 5.76. The summed E-state index contributed by atoms with van der Waals surface area (Å²) in [6, 6.07) is 1.55. The molecule has 2 N–H and O–H groups in total. The zero-order valence-corrected chi connectivity index (χ0v) is 6.41. The van der Waals surface area contributed by atoms with Crippen LogP contribution < -0.4 is 5.73 Å². The van der Waals surface area contributed by atoms with E-state index in [0.29, 0.717) is 6.42 Å². The maximum atomic E-state index is 10.6. The maximum absolute atomic E-state index is 10.6. The smallest absolute Gasteiger partial charge is 0.131 e. The van der Waals surface area contributed by atoms with Crippen molar-refractivity contribution in [2.24, 2.45) is 5.73 Å². The molecule has 1 unspecified atom stereocenters. The Labute approximate surface area is 65.2 Å². The third-order valence-electron chi connectivity index (χ3n) is 1.48.